The van der Waals surface area contributed by atoms with Crippen LogP contribution in [0.3, 0.4) is 0 Å². The Hall–Kier alpha value is -1.36. The van der Waals surface area contributed by atoms with Crippen molar-refractivity contribution in [2.24, 2.45) is 0 Å². The van der Waals surface area contributed by atoms with E-state index >= 15 is 0 Å². The molecular weight excluding hydrogens is 278 g/mol. The molecule has 1 aromatic carbocycles. The van der Waals surface area contributed by atoms with E-state index in [2.05, 4.69) is 57.9 Å². The SMILES string of the molecule is CSc1ccc(CN2CCNCC2c2ccncc2)cc1. The summed E-state index contributed by atoms with van der Waals surface area (Å²) in [5.74, 6) is 0. The third-order valence-electron chi connectivity index (χ3n) is 3.99. The maximum Gasteiger partial charge on any atom is 0.0477 e. The van der Waals surface area contributed by atoms with Crippen LogP contribution in [0.4, 0.5) is 0 Å². The van der Waals surface area contributed by atoms with Crippen molar-refractivity contribution in [2.45, 2.75) is 17.5 Å². The molecule has 0 saturated carbocycles. The fourth-order valence-corrected chi connectivity index (χ4v) is 3.22. The van der Waals surface area contributed by atoms with Crippen LogP contribution >= 0.6 is 11.8 Å². The normalized spacial score (nSPS) is 19.6. The van der Waals surface area contributed by atoms with E-state index in [4.69, 9.17) is 0 Å². The number of hydrogen-bond acceptors (Lipinski definition) is 4. The van der Waals surface area contributed by atoms with Crippen molar-refractivity contribution >= 4 is 11.8 Å². The van der Waals surface area contributed by atoms with Gasteiger partial charge in [-0.3, -0.25) is 9.88 Å². The molecule has 0 aliphatic carbocycles. The molecule has 1 fully saturated rings. The van der Waals surface area contributed by atoms with E-state index in [0.717, 1.165) is 26.2 Å². The molecule has 1 unspecified atom stereocenters. The van der Waals surface area contributed by atoms with Gasteiger partial charge in [0.1, 0.15) is 0 Å². The van der Waals surface area contributed by atoms with Crippen molar-refractivity contribution in [3.05, 3.63) is 59.9 Å². The highest BCUT2D eigenvalue weighted by Gasteiger charge is 2.23. The lowest BCUT2D eigenvalue weighted by Gasteiger charge is -2.36. The Bertz CT molecular complexity index is 556. The highest BCUT2D eigenvalue weighted by molar-refractivity contribution is 7.98. The van der Waals surface area contributed by atoms with Crippen LogP contribution in [0.1, 0.15) is 17.2 Å². The Labute approximate surface area is 130 Å². The minimum atomic E-state index is 0.432. The molecule has 2 heterocycles. The number of hydrogen-bond donors (Lipinski definition) is 1. The number of rotatable bonds is 4. The summed E-state index contributed by atoms with van der Waals surface area (Å²) in [6, 6.07) is 13.6. The van der Waals surface area contributed by atoms with Crippen LogP contribution in [-0.4, -0.2) is 35.8 Å². The second kappa shape index (κ2) is 7.07. The standard InChI is InChI=1S/C17H21N3S/c1-21-16-4-2-14(3-5-16)13-20-11-10-19-12-17(20)15-6-8-18-9-7-15/h2-9,17,19H,10-13H2,1H3. The molecular formula is C17H21N3S. The zero-order valence-corrected chi connectivity index (χ0v) is 13.1. The van der Waals surface area contributed by atoms with E-state index < -0.39 is 0 Å². The smallest absolute Gasteiger partial charge is 0.0477 e. The maximum absolute atomic E-state index is 4.13. The summed E-state index contributed by atoms with van der Waals surface area (Å²) in [7, 11) is 0. The minimum absolute atomic E-state index is 0.432. The summed E-state index contributed by atoms with van der Waals surface area (Å²) < 4.78 is 0. The van der Waals surface area contributed by atoms with E-state index in [1.165, 1.54) is 16.0 Å². The molecule has 1 saturated heterocycles. The Morgan fingerprint density at radius 3 is 2.67 bits per heavy atom. The third-order valence-corrected chi connectivity index (χ3v) is 4.73. The highest BCUT2D eigenvalue weighted by atomic mass is 32.2. The molecule has 3 nitrogen and oxygen atoms in total. The van der Waals surface area contributed by atoms with Gasteiger partial charge in [0, 0.05) is 49.5 Å². The van der Waals surface area contributed by atoms with Crippen molar-refractivity contribution in [1.29, 1.82) is 0 Å². The van der Waals surface area contributed by atoms with Gasteiger partial charge in [-0.15, -0.1) is 11.8 Å². The van der Waals surface area contributed by atoms with Crippen molar-refractivity contribution in [1.82, 2.24) is 15.2 Å². The van der Waals surface area contributed by atoms with Gasteiger partial charge >= 0.3 is 0 Å². The van der Waals surface area contributed by atoms with Gasteiger partial charge in [0.25, 0.3) is 0 Å². The van der Waals surface area contributed by atoms with Crippen molar-refractivity contribution in [3.63, 3.8) is 0 Å². The number of pyridine rings is 1. The van der Waals surface area contributed by atoms with Crippen molar-refractivity contribution in [3.8, 4) is 0 Å². The molecule has 21 heavy (non-hydrogen) atoms. The number of thioether (sulfide) groups is 1. The molecule has 1 atom stereocenters. The number of piperazine rings is 1. The summed E-state index contributed by atoms with van der Waals surface area (Å²) >= 11 is 1.79. The summed E-state index contributed by atoms with van der Waals surface area (Å²) in [5, 5.41) is 3.50. The van der Waals surface area contributed by atoms with Gasteiger partial charge in [-0.05, 0) is 41.6 Å². The van der Waals surface area contributed by atoms with Crippen molar-refractivity contribution < 1.29 is 0 Å². The van der Waals surface area contributed by atoms with Gasteiger partial charge in [-0.2, -0.15) is 0 Å². The summed E-state index contributed by atoms with van der Waals surface area (Å²) in [6.07, 6.45) is 5.88. The predicted molar refractivity (Wildman–Crippen MR) is 88.5 cm³/mol. The van der Waals surface area contributed by atoms with E-state index in [9.17, 15) is 0 Å². The number of nitrogens with zero attached hydrogens (tertiary/aromatic N) is 2. The zero-order valence-electron chi connectivity index (χ0n) is 12.3. The van der Waals surface area contributed by atoms with Crippen molar-refractivity contribution in [2.75, 3.05) is 25.9 Å². The van der Waals surface area contributed by atoms with Crippen LogP contribution in [0.25, 0.3) is 0 Å². The first kappa shape index (κ1) is 14.6. The summed E-state index contributed by atoms with van der Waals surface area (Å²) in [5.41, 5.74) is 2.73. The molecule has 3 rings (SSSR count). The van der Waals surface area contributed by atoms with Gasteiger partial charge in [0.05, 0.1) is 0 Å². The van der Waals surface area contributed by atoms with Crippen LogP contribution in [0.15, 0.2) is 53.7 Å². The van der Waals surface area contributed by atoms with Gasteiger partial charge in [0.2, 0.25) is 0 Å². The monoisotopic (exact) mass is 299 g/mol. The molecule has 0 bridgehead atoms. The second-order valence-corrected chi connectivity index (χ2v) is 6.20. The Balaban J connectivity index is 1.75. The molecule has 1 aromatic heterocycles. The molecule has 1 aliphatic heterocycles. The number of nitrogens with one attached hydrogen (secondary N) is 1. The van der Waals surface area contributed by atoms with E-state index in [1.807, 2.05) is 12.4 Å². The molecule has 0 spiro atoms. The summed E-state index contributed by atoms with van der Waals surface area (Å²) in [6.45, 7) is 4.15. The summed E-state index contributed by atoms with van der Waals surface area (Å²) in [4.78, 5) is 8.01. The molecule has 0 radical (unpaired) electrons. The van der Waals surface area contributed by atoms with Gasteiger partial charge in [-0.1, -0.05) is 12.1 Å². The fraction of sp³-hybridized carbons (Fsp3) is 0.353. The van der Waals surface area contributed by atoms with E-state index in [0.29, 0.717) is 6.04 Å². The lowest BCUT2D eigenvalue weighted by atomic mass is 10.0. The number of aromatic nitrogens is 1. The van der Waals surface area contributed by atoms with Crippen LogP contribution in [0, 0.1) is 0 Å². The Kier molecular flexibility index (Phi) is 4.91. The lowest BCUT2D eigenvalue weighted by molar-refractivity contribution is 0.153. The van der Waals surface area contributed by atoms with Crippen LogP contribution < -0.4 is 5.32 Å². The van der Waals surface area contributed by atoms with Gasteiger partial charge in [-0.25, -0.2) is 0 Å². The fourth-order valence-electron chi connectivity index (χ4n) is 2.82. The average Bonchev–Trinajstić information content (AvgIpc) is 2.57. The quantitative estimate of drug-likeness (QED) is 0.879. The first-order chi connectivity index (χ1) is 10.4. The zero-order chi connectivity index (χ0) is 14.5. The Morgan fingerprint density at radius 1 is 1.19 bits per heavy atom. The topological polar surface area (TPSA) is 28.2 Å². The van der Waals surface area contributed by atoms with Crippen LogP contribution in [0.5, 0.6) is 0 Å². The third kappa shape index (κ3) is 3.64. The molecule has 1 N–H and O–H groups in total. The average molecular weight is 299 g/mol. The highest BCUT2D eigenvalue weighted by Crippen LogP contribution is 2.24. The molecule has 0 amide bonds. The molecule has 2 aromatic rings. The largest absolute Gasteiger partial charge is 0.314 e. The first-order valence-corrected chi connectivity index (χ1v) is 8.57. The second-order valence-electron chi connectivity index (χ2n) is 5.32. The van der Waals surface area contributed by atoms with Gasteiger partial charge in [0.15, 0.2) is 0 Å². The minimum Gasteiger partial charge on any atom is -0.314 e. The van der Waals surface area contributed by atoms with Crippen LogP contribution in [0.2, 0.25) is 0 Å². The lowest BCUT2D eigenvalue weighted by Crippen LogP contribution is -2.45. The maximum atomic E-state index is 4.13. The molecule has 110 valence electrons. The molecule has 1 aliphatic rings. The molecule has 4 heteroatoms. The first-order valence-electron chi connectivity index (χ1n) is 7.34. The predicted octanol–water partition coefficient (Wildman–Crippen LogP) is 2.95. The van der Waals surface area contributed by atoms with Crippen LogP contribution in [-0.2, 0) is 6.54 Å². The Morgan fingerprint density at radius 2 is 1.95 bits per heavy atom. The van der Waals surface area contributed by atoms with Gasteiger partial charge < -0.3 is 5.32 Å². The van der Waals surface area contributed by atoms with E-state index in [-0.39, 0.29) is 0 Å². The number of benzene rings is 1. The van der Waals surface area contributed by atoms with E-state index in [1.54, 1.807) is 11.8 Å².